The van der Waals surface area contributed by atoms with Crippen LogP contribution in [0.15, 0.2) is 48.8 Å². The molecular formula is C23H27N5O2S. The zero-order chi connectivity index (χ0) is 21.6. The fraction of sp³-hybridized carbons (Fsp3) is 0.391. The molecule has 8 heteroatoms. The predicted molar refractivity (Wildman–Crippen MR) is 121 cm³/mol. The molecule has 1 aromatic carbocycles. The van der Waals surface area contributed by atoms with E-state index in [4.69, 9.17) is 4.74 Å². The number of hydrogen-bond donors (Lipinski definition) is 0. The minimum absolute atomic E-state index is 0.00166. The molecule has 2 aromatic heterocycles. The number of aryl methyl sites for hydroxylation is 1. The van der Waals surface area contributed by atoms with E-state index in [9.17, 15) is 4.79 Å². The van der Waals surface area contributed by atoms with Gasteiger partial charge in [0.25, 0.3) is 5.91 Å². The molecule has 0 radical (unpaired) electrons. The molecule has 1 aliphatic heterocycles. The SMILES string of the molecule is Cc1nc(-c2ncccn2)sc1C(=O)N(Cc1ccccc1)C(C)CN1CCOCC1. The number of nitrogens with zero attached hydrogens (tertiary/aromatic N) is 5. The number of benzene rings is 1. The van der Waals surface area contributed by atoms with Crippen LogP contribution < -0.4 is 0 Å². The van der Waals surface area contributed by atoms with Gasteiger partial charge in [-0.1, -0.05) is 30.3 Å². The maximum absolute atomic E-state index is 13.7. The fourth-order valence-electron chi connectivity index (χ4n) is 3.69. The van der Waals surface area contributed by atoms with Gasteiger partial charge in [-0.3, -0.25) is 9.69 Å². The van der Waals surface area contributed by atoms with E-state index in [1.165, 1.54) is 11.3 Å². The van der Waals surface area contributed by atoms with E-state index < -0.39 is 0 Å². The van der Waals surface area contributed by atoms with Crippen molar-refractivity contribution in [1.29, 1.82) is 0 Å². The zero-order valence-corrected chi connectivity index (χ0v) is 18.7. The third kappa shape index (κ3) is 5.33. The van der Waals surface area contributed by atoms with E-state index in [0.717, 1.165) is 38.4 Å². The Morgan fingerprint density at radius 1 is 1.16 bits per heavy atom. The van der Waals surface area contributed by atoms with Gasteiger partial charge in [0.05, 0.1) is 18.9 Å². The summed E-state index contributed by atoms with van der Waals surface area (Å²) in [6, 6.07) is 11.9. The first kappa shape index (κ1) is 21.5. The molecule has 3 heterocycles. The van der Waals surface area contributed by atoms with Gasteiger partial charge in [0.1, 0.15) is 4.88 Å². The molecule has 3 aromatic rings. The maximum Gasteiger partial charge on any atom is 0.266 e. The fourth-order valence-corrected chi connectivity index (χ4v) is 4.66. The molecule has 1 atom stereocenters. The first-order valence-corrected chi connectivity index (χ1v) is 11.3. The molecule has 0 N–H and O–H groups in total. The second-order valence-corrected chi connectivity index (χ2v) is 8.69. The Bertz CT molecular complexity index is 990. The summed E-state index contributed by atoms with van der Waals surface area (Å²) in [4.78, 5) is 31.8. The van der Waals surface area contributed by atoms with Crippen LogP contribution in [-0.4, -0.2) is 69.5 Å². The molecule has 1 fully saturated rings. The summed E-state index contributed by atoms with van der Waals surface area (Å²) in [6.07, 6.45) is 3.37. The largest absolute Gasteiger partial charge is 0.379 e. The molecule has 4 rings (SSSR count). The van der Waals surface area contributed by atoms with Crippen LogP contribution >= 0.6 is 11.3 Å². The van der Waals surface area contributed by atoms with E-state index in [0.29, 0.717) is 27.9 Å². The molecule has 1 amide bonds. The molecule has 162 valence electrons. The van der Waals surface area contributed by atoms with Crippen LogP contribution in [0.4, 0.5) is 0 Å². The van der Waals surface area contributed by atoms with Gasteiger partial charge in [-0.25, -0.2) is 15.0 Å². The average Bonchev–Trinajstić information content (AvgIpc) is 3.20. The molecule has 0 aliphatic carbocycles. The minimum atomic E-state index is 0.00166. The van der Waals surface area contributed by atoms with Crippen molar-refractivity contribution < 1.29 is 9.53 Å². The highest BCUT2D eigenvalue weighted by Crippen LogP contribution is 2.27. The van der Waals surface area contributed by atoms with E-state index in [1.54, 1.807) is 18.5 Å². The van der Waals surface area contributed by atoms with Crippen molar-refractivity contribution in [2.75, 3.05) is 32.8 Å². The first-order chi connectivity index (χ1) is 15.1. The molecule has 0 saturated carbocycles. The lowest BCUT2D eigenvalue weighted by molar-refractivity contribution is 0.0229. The summed E-state index contributed by atoms with van der Waals surface area (Å²) in [5.41, 5.74) is 1.83. The Morgan fingerprint density at radius 2 is 1.87 bits per heavy atom. The quantitative estimate of drug-likeness (QED) is 0.565. The summed E-state index contributed by atoms with van der Waals surface area (Å²) in [5.74, 6) is 0.549. The lowest BCUT2D eigenvalue weighted by atomic mass is 10.1. The number of carbonyl (C=O) groups excluding carboxylic acids is 1. The van der Waals surface area contributed by atoms with Crippen LogP contribution in [0.3, 0.4) is 0 Å². The van der Waals surface area contributed by atoms with Crippen molar-refractivity contribution >= 4 is 17.2 Å². The Balaban J connectivity index is 1.59. The van der Waals surface area contributed by atoms with Crippen molar-refractivity contribution in [2.24, 2.45) is 0 Å². The lowest BCUT2D eigenvalue weighted by Crippen LogP contribution is -2.47. The molecule has 1 aliphatic rings. The monoisotopic (exact) mass is 437 g/mol. The van der Waals surface area contributed by atoms with Crippen molar-refractivity contribution in [1.82, 2.24) is 24.8 Å². The second kappa shape index (κ2) is 10.1. The van der Waals surface area contributed by atoms with Gasteiger partial charge < -0.3 is 9.64 Å². The number of rotatable bonds is 7. The van der Waals surface area contributed by atoms with Gasteiger partial charge in [0.15, 0.2) is 10.8 Å². The topological polar surface area (TPSA) is 71.5 Å². The summed E-state index contributed by atoms with van der Waals surface area (Å²) in [5, 5.41) is 0.668. The summed E-state index contributed by atoms with van der Waals surface area (Å²) >= 11 is 1.36. The highest BCUT2D eigenvalue weighted by molar-refractivity contribution is 7.17. The first-order valence-electron chi connectivity index (χ1n) is 10.5. The molecule has 0 bridgehead atoms. The third-order valence-electron chi connectivity index (χ3n) is 5.36. The highest BCUT2D eigenvalue weighted by Gasteiger charge is 2.28. The van der Waals surface area contributed by atoms with Gasteiger partial charge in [-0.15, -0.1) is 11.3 Å². The normalized spacial score (nSPS) is 15.5. The number of ether oxygens (including phenoxy) is 1. The number of amides is 1. The van der Waals surface area contributed by atoms with Gasteiger partial charge in [0, 0.05) is 44.6 Å². The molecule has 31 heavy (non-hydrogen) atoms. The molecule has 1 saturated heterocycles. The number of thiazole rings is 1. The number of aromatic nitrogens is 3. The zero-order valence-electron chi connectivity index (χ0n) is 17.9. The summed E-state index contributed by atoms with van der Waals surface area (Å²) in [7, 11) is 0. The van der Waals surface area contributed by atoms with Crippen molar-refractivity contribution in [2.45, 2.75) is 26.4 Å². The van der Waals surface area contributed by atoms with Crippen LogP contribution in [0.1, 0.15) is 27.9 Å². The predicted octanol–water partition coefficient (Wildman–Crippen LogP) is 3.27. The van der Waals surface area contributed by atoms with Crippen molar-refractivity contribution in [3.63, 3.8) is 0 Å². The van der Waals surface area contributed by atoms with Crippen LogP contribution in [0.5, 0.6) is 0 Å². The van der Waals surface area contributed by atoms with Crippen LogP contribution in [0.2, 0.25) is 0 Å². The van der Waals surface area contributed by atoms with Gasteiger partial charge in [0.2, 0.25) is 0 Å². The van der Waals surface area contributed by atoms with E-state index in [2.05, 4.69) is 38.9 Å². The summed E-state index contributed by atoms with van der Waals surface area (Å²) < 4.78 is 5.47. The van der Waals surface area contributed by atoms with Crippen molar-refractivity contribution in [3.05, 3.63) is 64.9 Å². The number of carbonyl (C=O) groups is 1. The second-order valence-electron chi connectivity index (χ2n) is 7.69. The Labute approximate surface area is 186 Å². The van der Waals surface area contributed by atoms with E-state index >= 15 is 0 Å². The smallest absolute Gasteiger partial charge is 0.266 e. The van der Waals surface area contributed by atoms with Gasteiger partial charge >= 0.3 is 0 Å². The van der Waals surface area contributed by atoms with Crippen LogP contribution in [0.25, 0.3) is 10.8 Å². The van der Waals surface area contributed by atoms with E-state index in [-0.39, 0.29) is 11.9 Å². The van der Waals surface area contributed by atoms with E-state index in [1.807, 2.05) is 30.0 Å². The number of morpholine rings is 1. The summed E-state index contributed by atoms with van der Waals surface area (Å²) in [6.45, 7) is 8.65. The van der Waals surface area contributed by atoms with Crippen LogP contribution in [-0.2, 0) is 11.3 Å². The minimum Gasteiger partial charge on any atom is -0.379 e. The Morgan fingerprint density at radius 3 is 2.58 bits per heavy atom. The maximum atomic E-state index is 13.7. The Hall–Kier alpha value is -2.68. The van der Waals surface area contributed by atoms with Crippen LogP contribution in [0, 0.1) is 6.92 Å². The molecular weight excluding hydrogens is 410 g/mol. The van der Waals surface area contributed by atoms with Gasteiger partial charge in [-0.05, 0) is 25.5 Å². The lowest BCUT2D eigenvalue weighted by Gasteiger charge is -2.35. The molecule has 0 spiro atoms. The highest BCUT2D eigenvalue weighted by atomic mass is 32.1. The molecule has 1 unspecified atom stereocenters. The molecule has 7 nitrogen and oxygen atoms in total. The van der Waals surface area contributed by atoms with Crippen molar-refractivity contribution in [3.8, 4) is 10.8 Å². The van der Waals surface area contributed by atoms with Gasteiger partial charge in [-0.2, -0.15) is 0 Å². The Kier molecular flexibility index (Phi) is 7.01. The number of hydrogen-bond acceptors (Lipinski definition) is 7. The third-order valence-corrected chi connectivity index (χ3v) is 6.50. The average molecular weight is 438 g/mol. The standard InChI is InChI=1S/C23H27N5O2S/c1-17(15-27-11-13-30-14-12-27)28(16-19-7-4-3-5-8-19)23(29)20-18(2)26-22(31-20)21-24-9-6-10-25-21/h3-10,17H,11-16H2,1-2H3.